The Morgan fingerprint density at radius 1 is 0.917 bits per heavy atom. The van der Waals surface area contributed by atoms with E-state index in [0.717, 1.165) is 5.56 Å². The highest BCUT2D eigenvalue weighted by Crippen LogP contribution is 2.07. The molecule has 12 heteroatoms. The Labute approximate surface area is 215 Å². The van der Waals surface area contributed by atoms with Crippen molar-refractivity contribution < 1.29 is 29.1 Å². The van der Waals surface area contributed by atoms with Gasteiger partial charge in [-0.1, -0.05) is 44.2 Å². The van der Waals surface area contributed by atoms with E-state index in [4.69, 9.17) is 10.8 Å². The second-order valence-corrected chi connectivity index (χ2v) is 9.70. The molecule has 0 fully saturated rings. The van der Waals surface area contributed by atoms with Crippen LogP contribution in [0.1, 0.15) is 32.3 Å². The number of hydrogen-bond donors (Lipinski definition) is 6. The predicted molar refractivity (Wildman–Crippen MR) is 138 cm³/mol. The van der Waals surface area contributed by atoms with E-state index in [1.807, 2.05) is 50.4 Å². The summed E-state index contributed by atoms with van der Waals surface area (Å²) in [5.74, 6) is -2.86. The van der Waals surface area contributed by atoms with Crippen LogP contribution >= 0.6 is 11.8 Å². The summed E-state index contributed by atoms with van der Waals surface area (Å²) in [5.41, 5.74) is 6.82. The van der Waals surface area contributed by atoms with Crippen molar-refractivity contribution in [2.24, 2.45) is 11.7 Å². The van der Waals surface area contributed by atoms with Gasteiger partial charge in [0.25, 0.3) is 0 Å². The number of benzene rings is 1. The lowest BCUT2D eigenvalue weighted by Gasteiger charge is -2.24. The van der Waals surface area contributed by atoms with Crippen LogP contribution in [-0.2, 0) is 30.4 Å². The molecule has 4 amide bonds. The topological polar surface area (TPSA) is 180 Å². The van der Waals surface area contributed by atoms with Gasteiger partial charge in [0.1, 0.15) is 18.6 Å². The summed E-state index contributed by atoms with van der Waals surface area (Å²) in [6.07, 6.45) is 2.74. The molecule has 3 atom stereocenters. The third-order valence-electron chi connectivity index (χ3n) is 5.07. The third kappa shape index (κ3) is 12.5. The number of aliphatic carboxylic acids is 1. The van der Waals surface area contributed by atoms with Crippen LogP contribution in [0.3, 0.4) is 0 Å². The second kappa shape index (κ2) is 16.5. The zero-order valence-electron chi connectivity index (χ0n) is 20.9. The lowest BCUT2D eigenvalue weighted by Crippen LogP contribution is -2.55. The Balaban J connectivity index is 2.71. The molecule has 0 spiro atoms. The third-order valence-corrected chi connectivity index (χ3v) is 5.72. The van der Waals surface area contributed by atoms with Gasteiger partial charge in [0.05, 0.1) is 12.6 Å². The number of thioether (sulfide) groups is 1. The van der Waals surface area contributed by atoms with Crippen molar-refractivity contribution in [3.05, 3.63) is 35.9 Å². The monoisotopic (exact) mass is 523 g/mol. The minimum atomic E-state index is -1.20. The first-order valence-electron chi connectivity index (χ1n) is 11.7. The standard InChI is InChI=1S/C24H37N5O6S/c1-15(2)11-19(24(35)29-18(9-10-36-3)23(34)27-14-21(31)32)28-20(30)13-26-22(33)17(25)12-16-7-5-4-6-8-16/h4-8,15,17-19H,9-14,25H2,1-3H3,(H,26,33)(H,27,34)(H,28,30)(H,29,35)(H,31,32). The predicted octanol–water partition coefficient (Wildman–Crippen LogP) is -0.358. The molecule has 1 aromatic rings. The van der Waals surface area contributed by atoms with Crippen molar-refractivity contribution in [1.82, 2.24) is 21.3 Å². The van der Waals surface area contributed by atoms with Gasteiger partial charge in [0.15, 0.2) is 0 Å². The number of carboxylic acids is 1. The number of amides is 4. The Hall–Kier alpha value is -3.12. The van der Waals surface area contributed by atoms with E-state index in [9.17, 15) is 24.0 Å². The number of rotatable bonds is 16. The van der Waals surface area contributed by atoms with Gasteiger partial charge in [-0.2, -0.15) is 11.8 Å². The summed E-state index contributed by atoms with van der Waals surface area (Å²) in [6, 6.07) is 6.51. The maximum Gasteiger partial charge on any atom is 0.322 e. The molecule has 1 rings (SSSR count). The van der Waals surface area contributed by atoms with Crippen LogP contribution < -0.4 is 27.0 Å². The van der Waals surface area contributed by atoms with Crippen molar-refractivity contribution in [1.29, 1.82) is 0 Å². The molecule has 1 aromatic carbocycles. The van der Waals surface area contributed by atoms with E-state index in [0.29, 0.717) is 18.6 Å². The average molecular weight is 524 g/mol. The molecule has 0 aliphatic rings. The van der Waals surface area contributed by atoms with Crippen LogP contribution in [0.2, 0.25) is 0 Å². The number of nitrogens with one attached hydrogen (secondary N) is 4. The van der Waals surface area contributed by atoms with E-state index in [1.165, 1.54) is 11.8 Å². The summed E-state index contributed by atoms with van der Waals surface area (Å²) < 4.78 is 0. The summed E-state index contributed by atoms with van der Waals surface area (Å²) in [6.45, 7) is 2.82. The first-order chi connectivity index (χ1) is 17.0. The molecule has 36 heavy (non-hydrogen) atoms. The van der Waals surface area contributed by atoms with Gasteiger partial charge in [-0.05, 0) is 42.8 Å². The van der Waals surface area contributed by atoms with Crippen LogP contribution in [0, 0.1) is 5.92 Å². The minimum Gasteiger partial charge on any atom is -0.480 e. The molecule has 0 radical (unpaired) electrons. The first-order valence-corrected chi connectivity index (χ1v) is 13.1. The Morgan fingerprint density at radius 2 is 1.56 bits per heavy atom. The molecular formula is C24H37N5O6S. The summed E-state index contributed by atoms with van der Waals surface area (Å²) in [7, 11) is 0. The molecule has 7 N–H and O–H groups in total. The smallest absolute Gasteiger partial charge is 0.322 e. The molecule has 0 saturated carbocycles. The maximum atomic E-state index is 12.9. The molecule has 0 bridgehead atoms. The quantitative estimate of drug-likeness (QED) is 0.170. The summed E-state index contributed by atoms with van der Waals surface area (Å²) in [4.78, 5) is 60.9. The van der Waals surface area contributed by atoms with Crippen LogP contribution in [0.4, 0.5) is 0 Å². The van der Waals surface area contributed by atoms with Gasteiger partial charge in [-0.15, -0.1) is 0 Å². The number of carbonyl (C=O) groups is 5. The summed E-state index contributed by atoms with van der Waals surface area (Å²) >= 11 is 1.47. The second-order valence-electron chi connectivity index (χ2n) is 8.72. The maximum absolute atomic E-state index is 12.9. The molecule has 0 aliphatic heterocycles. The highest BCUT2D eigenvalue weighted by atomic mass is 32.2. The molecule has 0 saturated heterocycles. The van der Waals surface area contributed by atoms with Crippen LogP contribution in [-0.4, -0.2) is 77.9 Å². The number of nitrogens with two attached hydrogens (primary N) is 1. The zero-order chi connectivity index (χ0) is 27.1. The number of hydrogen-bond acceptors (Lipinski definition) is 7. The fourth-order valence-electron chi connectivity index (χ4n) is 3.27. The zero-order valence-corrected chi connectivity index (χ0v) is 21.7. The molecular weight excluding hydrogens is 486 g/mol. The lowest BCUT2D eigenvalue weighted by atomic mass is 10.0. The van der Waals surface area contributed by atoms with Crippen LogP contribution in [0.25, 0.3) is 0 Å². The Kier molecular flexibility index (Phi) is 14.2. The van der Waals surface area contributed by atoms with Gasteiger partial charge in [-0.25, -0.2) is 0 Å². The van der Waals surface area contributed by atoms with E-state index in [-0.39, 0.29) is 18.9 Å². The molecule has 11 nitrogen and oxygen atoms in total. The van der Waals surface area contributed by atoms with E-state index >= 15 is 0 Å². The van der Waals surface area contributed by atoms with Crippen molar-refractivity contribution >= 4 is 41.4 Å². The fourth-order valence-corrected chi connectivity index (χ4v) is 3.74. The van der Waals surface area contributed by atoms with Gasteiger partial charge >= 0.3 is 5.97 Å². The average Bonchev–Trinajstić information content (AvgIpc) is 2.83. The number of carboxylic acid groups (broad SMARTS) is 1. The molecule has 0 heterocycles. The Bertz CT molecular complexity index is 883. The van der Waals surface area contributed by atoms with E-state index in [2.05, 4.69) is 21.3 Å². The van der Waals surface area contributed by atoms with Gasteiger partial charge in [-0.3, -0.25) is 24.0 Å². The highest BCUT2D eigenvalue weighted by molar-refractivity contribution is 7.98. The molecule has 200 valence electrons. The van der Waals surface area contributed by atoms with Crippen molar-refractivity contribution in [2.75, 3.05) is 25.1 Å². The lowest BCUT2D eigenvalue weighted by molar-refractivity contribution is -0.138. The number of carbonyl (C=O) groups excluding carboxylic acids is 4. The van der Waals surface area contributed by atoms with Crippen molar-refractivity contribution in [3.8, 4) is 0 Å². The normalized spacial score (nSPS) is 13.2. The molecule has 3 unspecified atom stereocenters. The SMILES string of the molecule is CSCCC(NC(=O)C(CC(C)C)NC(=O)CNC(=O)C(N)Cc1ccccc1)C(=O)NCC(=O)O. The largest absolute Gasteiger partial charge is 0.480 e. The van der Waals surface area contributed by atoms with E-state index in [1.54, 1.807) is 0 Å². The highest BCUT2D eigenvalue weighted by Gasteiger charge is 2.27. The van der Waals surface area contributed by atoms with Gasteiger partial charge in [0.2, 0.25) is 23.6 Å². The van der Waals surface area contributed by atoms with E-state index < -0.39 is 54.3 Å². The van der Waals surface area contributed by atoms with Crippen LogP contribution in [0.15, 0.2) is 30.3 Å². The van der Waals surface area contributed by atoms with Gasteiger partial charge in [0, 0.05) is 0 Å². The van der Waals surface area contributed by atoms with Gasteiger partial charge < -0.3 is 32.1 Å². The molecule has 0 aliphatic carbocycles. The summed E-state index contributed by atoms with van der Waals surface area (Å²) in [5, 5.41) is 18.8. The molecule has 0 aromatic heterocycles. The minimum absolute atomic E-state index is 0.0421. The first kappa shape index (κ1) is 30.9. The fraction of sp³-hybridized carbons (Fsp3) is 0.542. The Morgan fingerprint density at radius 3 is 2.14 bits per heavy atom. The van der Waals surface area contributed by atoms with Crippen molar-refractivity contribution in [3.63, 3.8) is 0 Å². The van der Waals surface area contributed by atoms with Crippen LogP contribution in [0.5, 0.6) is 0 Å². The van der Waals surface area contributed by atoms with Crippen molar-refractivity contribution in [2.45, 2.75) is 51.2 Å².